The van der Waals surface area contributed by atoms with E-state index in [0.717, 1.165) is 58.3 Å². The third-order valence-corrected chi connectivity index (χ3v) is 3.01. The molecular weight excluding hydrogens is 252 g/mol. The minimum atomic E-state index is 0.706. The van der Waals surface area contributed by atoms with Crippen LogP contribution in [0.25, 0.3) is 0 Å². The average Bonchev–Trinajstić information content (AvgIpc) is 2.41. The van der Waals surface area contributed by atoms with E-state index < -0.39 is 0 Å². The molecule has 5 nitrogen and oxygen atoms in total. The first kappa shape index (κ1) is 19.2. The first-order chi connectivity index (χ1) is 9.60. The van der Waals surface area contributed by atoms with Crippen molar-refractivity contribution in [2.24, 2.45) is 10.9 Å². The minimum absolute atomic E-state index is 0.706. The molecule has 2 N–H and O–H groups in total. The molecule has 0 fully saturated rings. The Bertz CT molecular complexity index is 244. The highest BCUT2D eigenvalue weighted by atomic mass is 16.5. The van der Waals surface area contributed by atoms with E-state index in [-0.39, 0.29) is 0 Å². The Kier molecular flexibility index (Phi) is 12.7. The van der Waals surface area contributed by atoms with Crippen molar-refractivity contribution in [1.82, 2.24) is 15.5 Å². The number of rotatable bonds is 11. The molecule has 0 unspecified atom stereocenters. The van der Waals surface area contributed by atoms with E-state index in [0.29, 0.717) is 5.92 Å². The Morgan fingerprint density at radius 3 is 2.55 bits per heavy atom. The maximum absolute atomic E-state index is 5.58. The summed E-state index contributed by atoms with van der Waals surface area (Å²) in [7, 11) is 2.11. The summed E-state index contributed by atoms with van der Waals surface area (Å²) in [5.74, 6) is 1.59. The molecule has 0 radical (unpaired) electrons. The molecule has 0 amide bonds. The van der Waals surface area contributed by atoms with Gasteiger partial charge in [-0.25, -0.2) is 0 Å². The number of nitrogens with one attached hydrogen (secondary N) is 2. The van der Waals surface area contributed by atoms with Crippen molar-refractivity contribution in [2.45, 2.75) is 34.1 Å². The van der Waals surface area contributed by atoms with Crippen LogP contribution >= 0.6 is 0 Å². The van der Waals surface area contributed by atoms with Gasteiger partial charge >= 0.3 is 0 Å². The SMILES string of the molecule is CCNC(=NCCN(C)CC)NCCOCCC(C)C. The number of nitrogens with zero attached hydrogens (tertiary/aromatic N) is 2. The summed E-state index contributed by atoms with van der Waals surface area (Å²) in [5, 5.41) is 6.54. The van der Waals surface area contributed by atoms with Gasteiger partial charge in [0.15, 0.2) is 5.96 Å². The summed E-state index contributed by atoms with van der Waals surface area (Å²) in [5.41, 5.74) is 0. The minimum Gasteiger partial charge on any atom is -0.380 e. The molecule has 0 heterocycles. The molecule has 120 valence electrons. The van der Waals surface area contributed by atoms with Gasteiger partial charge in [-0.3, -0.25) is 4.99 Å². The highest BCUT2D eigenvalue weighted by Gasteiger charge is 1.98. The first-order valence-electron chi connectivity index (χ1n) is 7.88. The number of aliphatic imine (C=N–C) groups is 1. The van der Waals surface area contributed by atoms with E-state index >= 15 is 0 Å². The molecule has 0 aliphatic carbocycles. The van der Waals surface area contributed by atoms with E-state index in [9.17, 15) is 0 Å². The quantitative estimate of drug-likeness (QED) is 0.344. The van der Waals surface area contributed by atoms with Gasteiger partial charge in [0.2, 0.25) is 0 Å². The molecule has 0 bridgehead atoms. The highest BCUT2D eigenvalue weighted by molar-refractivity contribution is 5.79. The standard InChI is InChI=1S/C15H34N4O/c1-6-16-15(17-9-11-19(5)7-2)18-10-13-20-12-8-14(3)4/h14H,6-13H2,1-5H3,(H2,16,17,18). The Labute approximate surface area is 125 Å². The van der Waals surface area contributed by atoms with Crippen molar-refractivity contribution in [3.8, 4) is 0 Å². The van der Waals surface area contributed by atoms with E-state index in [1.165, 1.54) is 0 Å². The molecule has 0 saturated heterocycles. The van der Waals surface area contributed by atoms with Gasteiger partial charge in [-0.05, 0) is 32.9 Å². The lowest BCUT2D eigenvalue weighted by molar-refractivity contribution is 0.128. The summed E-state index contributed by atoms with van der Waals surface area (Å²) >= 11 is 0. The van der Waals surface area contributed by atoms with Gasteiger partial charge in [-0.2, -0.15) is 0 Å². The second-order valence-corrected chi connectivity index (χ2v) is 5.38. The highest BCUT2D eigenvalue weighted by Crippen LogP contribution is 1.98. The number of likely N-dealkylation sites (N-methyl/N-ethyl adjacent to an activating group) is 1. The molecule has 0 aliphatic heterocycles. The smallest absolute Gasteiger partial charge is 0.191 e. The number of hydrogen-bond donors (Lipinski definition) is 2. The van der Waals surface area contributed by atoms with Crippen LogP contribution in [0.5, 0.6) is 0 Å². The van der Waals surface area contributed by atoms with Gasteiger partial charge in [-0.1, -0.05) is 20.8 Å². The van der Waals surface area contributed by atoms with Crippen LogP contribution in [0.4, 0.5) is 0 Å². The third-order valence-electron chi connectivity index (χ3n) is 3.01. The molecule has 20 heavy (non-hydrogen) atoms. The van der Waals surface area contributed by atoms with Crippen LogP contribution in [0, 0.1) is 5.92 Å². The summed E-state index contributed by atoms with van der Waals surface area (Å²) < 4.78 is 5.58. The van der Waals surface area contributed by atoms with Crippen LogP contribution in [0.1, 0.15) is 34.1 Å². The molecule has 0 aromatic rings. The van der Waals surface area contributed by atoms with E-state index in [1.807, 2.05) is 0 Å². The van der Waals surface area contributed by atoms with Crippen LogP contribution in [-0.2, 0) is 4.74 Å². The number of ether oxygens (including phenoxy) is 1. The fourth-order valence-corrected chi connectivity index (χ4v) is 1.50. The second kappa shape index (κ2) is 13.2. The number of hydrogen-bond acceptors (Lipinski definition) is 3. The number of guanidine groups is 1. The average molecular weight is 286 g/mol. The molecular formula is C15H34N4O. The lowest BCUT2D eigenvalue weighted by Gasteiger charge is -2.14. The molecule has 0 rings (SSSR count). The summed E-state index contributed by atoms with van der Waals surface area (Å²) in [4.78, 5) is 6.80. The van der Waals surface area contributed by atoms with Gasteiger partial charge in [-0.15, -0.1) is 0 Å². The van der Waals surface area contributed by atoms with Crippen LogP contribution in [0.3, 0.4) is 0 Å². The van der Waals surface area contributed by atoms with E-state index in [2.05, 4.69) is 55.3 Å². The zero-order valence-electron chi connectivity index (χ0n) is 14.0. The van der Waals surface area contributed by atoms with Crippen molar-refractivity contribution < 1.29 is 4.74 Å². The van der Waals surface area contributed by atoms with Gasteiger partial charge in [0.1, 0.15) is 0 Å². The van der Waals surface area contributed by atoms with Crippen molar-refractivity contribution in [3.63, 3.8) is 0 Å². The van der Waals surface area contributed by atoms with Crippen LogP contribution < -0.4 is 10.6 Å². The normalized spacial score (nSPS) is 12.2. The second-order valence-electron chi connectivity index (χ2n) is 5.38. The monoisotopic (exact) mass is 286 g/mol. The van der Waals surface area contributed by atoms with Crippen LogP contribution in [0.2, 0.25) is 0 Å². The fraction of sp³-hybridized carbons (Fsp3) is 0.933. The molecule has 0 aliphatic rings. The molecule has 0 atom stereocenters. The lowest BCUT2D eigenvalue weighted by atomic mass is 10.1. The Hall–Kier alpha value is -0.810. The largest absolute Gasteiger partial charge is 0.380 e. The summed E-state index contributed by atoms with van der Waals surface area (Å²) in [6.45, 7) is 14.8. The van der Waals surface area contributed by atoms with Crippen molar-refractivity contribution >= 4 is 5.96 Å². The zero-order valence-corrected chi connectivity index (χ0v) is 14.0. The van der Waals surface area contributed by atoms with E-state index in [1.54, 1.807) is 0 Å². The molecule has 0 aromatic heterocycles. The van der Waals surface area contributed by atoms with Gasteiger partial charge in [0, 0.05) is 26.2 Å². The Morgan fingerprint density at radius 1 is 1.20 bits per heavy atom. The summed E-state index contributed by atoms with van der Waals surface area (Å²) in [6.07, 6.45) is 1.12. The van der Waals surface area contributed by atoms with Crippen LogP contribution in [0.15, 0.2) is 4.99 Å². The Balaban J connectivity index is 3.75. The lowest BCUT2D eigenvalue weighted by Crippen LogP contribution is -2.39. The third kappa shape index (κ3) is 12.2. The van der Waals surface area contributed by atoms with Gasteiger partial charge < -0.3 is 20.3 Å². The summed E-state index contributed by atoms with van der Waals surface area (Å²) in [6, 6.07) is 0. The van der Waals surface area contributed by atoms with Gasteiger partial charge in [0.05, 0.1) is 13.2 Å². The first-order valence-corrected chi connectivity index (χ1v) is 7.88. The van der Waals surface area contributed by atoms with Crippen molar-refractivity contribution in [1.29, 1.82) is 0 Å². The maximum Gasteiger partial charge on any atom is 0.191 e. The Morgan fingerprint density at radius 2 is 1.95 bits per heavy atom. The molecule has 0 aromatic carbocycles. The maximum atomic E-state index is 5.58. The zero-order chi connectivity index (χ0) is 15.2. The fourth-order valence-electron chi connectivity index (χ4n) is 1.50. The molecule has 5 heteroatoms. The van der Waals surface area contributed by atoms with E-state index in [4.69, 9.17) is 4.74 Å². The van der Waals surface area contributed by atoms with Crippen molar-refractivity contribution in [3.05, 3.63) is 0 Å². The molecule has 0 spiro atoms. The molecule has 0 saturated carbocycles. The van der Waals surface area contributed by atoms with Crippen LogP contribution in [-0.4, -0.2) is 63.8 Å². The predicted octanol–water partition coefficient (Wildman–Crippen LogP) is 1.56. The van der Waals surface area contributed by atoms with Gasteiger partial charge in [0.25, 0.3) is 0 Å². The predicted molar refractivity (Wildman–Crippen MR) is 87.4 cm³/mol. The topological polar surface area (TPSA) is 48.9 Å². The van der Waals surface area contributed by atoms with Crippen molar-refractivity contribution in [2.75, 3.05) is 53.0 Å².